The van der Waals surface area contributed by atoms with Crippen molar-refractivity contribution in [3.05, 3.63) is 53.1 Å². The van der Waals surface area contributed by atoms with Crippen molar-refractivity contribution < 1.29 is 22.7 Å². The van der Waals surface area contributed by atoms with Crippen molar-refractivity contribution in [2.45, 2.75) is 25.7 Å². The van der Waals surface area contributed by atoms with Crippen molar-refractivity contribution >= 4 is 33.4 Å². The van der Waals surface area contributed by atoms with Crippen LogP contribution in [0.4, 0.5) is 16.2 Å². The molecule has 8 nitrogen and oxygen atoms in total. The van der Waals surface area contributed by atoms with Gasteiger partial charge in [0.15, 0.2) is 0 Å². The maximum atomic E-state index is 12.6. The molecule has 0 aliphatic carbocycles. The summed E-state index contributed by atoms with van der Waals surface area (Å²) in [6.07, 6.45) is -0.623. The van der Waals surface area contributed by atoms with E-state index in [-0.39, 0.29) is 17.1 Å². The van der Waals surface area contributed by atoms with Gasteiger partial charge in [-0.05, 0) is 62.2 Å². The average Bonchev–Trinajstić information content (AvgIpc) is 2.58. The Kier molecular flexibility index (Phi) is 6.19. The lowest BCUT2D eigenvalue weighted by Crippen LogP contribution is -2.17. The highest BCUT2D eigenvalue weighted by Gasteiger charge is 2.15. The normalized spacial score (nSPS) is 11.0. The van der Waals surface area contributed by atoms with Gasteiger partial charge in [0.05, 0.1) is 11.5 Å². The van der Waals surface area contributed by atoms with Gasteiger partial charge < -0.3 is 10.1 Å². The third-order valence-corrected chi connectivity index (χ3v) is 4.76. The van der Waals surface area contributed by atoms with E-state index in [2.05, 4.69) is 10.6 Å². The van der Waals surface area contributed by atoms with Crippen LogP contribution in [0.5, 0.6) is 0 Å². The molecule has 2 rings (SSSR count). The first-order valence-corrected chi connectivity index (χ1v) is 9.65. The lowest BCUT2D eigenvalue weighted by Gasteiger charge is -2.13. The lowest BCUT2D eigenvalue weighted by molar-refractivity contribution is 0.102. The Morgan fingerprint density at radius 2 is 1.81 bits per heavy atom. The maximum Gasteiger partial charge on any atom is 0.411 e. The topological polar surface area (TPSA) is 128 Å². The largest absolute Gasteiger partial charge is 0.450 e. The molecule has 27 heavy (non-hydrogen) atoms. The number of carbonyl (C=O) groups is 2. The zero-order chi connectivity index (χ0) is 20.2. The van der Waals surface area contributed by atoms with E-state index in [4.69, 9.17) is 9.88 Å². The molecule has 0 aromatic heterocycles. The van der Waals surface area contributed by atoms with Crippen LogP contribution < -0.4 is 15.8 Å². The highest BCUT2D eigenvalue weighted by Crippen LogP contribution is 2.24. The zero-order valence-electron chi connectivity index (χ0n) is 15.2. The van der Waals surface area contributed by atoms with Crippen LogP contribution in [0.3, 0.4) is 0 Å². The van der Waals surface area contributed by atoms with Crippen LogP contribution in [-0.2, 0) is 14.8 Å². The molecule has 0 unspecified atom stereocenters. The minimum Gasteiger partial charge on any atom is -0.450 e. The van der Waals surface area contributed by atoms with Crippen LogP contribution in [0.15, 0.2) is 41.3 Å². The number of hydrogen-bond acceptors (Lipinski definition) is 5. The van der Waals surface area contributed by atoms with Crippen LogP contribution in [0, 0.1) is 13.8 Å². The van der Waals surface area contributed by atoms with Gasteiger partial charge in [-0.3, -0.25) is 10.1 Å². The van der Waals surface area contributed by atoms with Crippen LogP contribution >= 0.6 is 0 Å². The van der Waals surface area contributed by atoms with Gasteiger partial charge in [0, 0.05) is 16.9 Å². The molecule has 2 aromatic carbocycles. The quantitative estimate of drug-likeness (QED) is 0.722. The van der Waals surface area contributed by atoms with Crippen molar-refractivity contribution in [1.29, 1.82) is 0 Å². The van der Waals surface area contributed by atoms with E-state index in [0.29, 0.717) is 16.9 Å². The van der Waals surface area contributed by atoms with Gasteiger partial charge in [-0.1, -0.05) is 6.07 Å². The highest BCUT2D eigenvalue weighted by molar-refractivity contribution is 7.89. The van der Waals surface area contributed by atoms with Gasteiger partial charge >= 0.3 is 6.09 Å². The Morgan fingerprint density at radius 3 is 2.44 bits per heavy atom. The summed E-state index contributed by atoms with van der Waals surface area (Å²) < 4.78 is 28.0. The van der Waals surface area contributed by atoms with Crippen LogP contribution in [0.2, 0.25) is 0 Å². The van der Waals surface area contributed by atoms with Gasteiger partial charge in [-0.25, -0.2) is 18.4 Å². The molecule has 0 saturated heterocycles. The predicted octanol–water partition coefficient (Wildman–Crippen LogP) is 2.77. The number of amides is 2. The lowest BCUT2D eigenvalue weighted by atomic mass is 10.1. The Labute approximate surface area is 157 Å². The number of benzene rings is 2. The molecule has 0 saturated carbocycles. The first kappa shape index (κ1) is 20.4. The van der Waals surface area contributed by atoms with E-state index in [0.717, 1.165) is 5.56 Å². The number of rotatable bonds is 5. The number of ether oxygens (including phenoxy) is 1. The third-order valence-electron chi connectivity index (χ3n) is 3.86. The molecule has 0 spiro atoms. The van der Waals surface area contributed by atoms with Crippen molar-refractivity contribution in [2.75, 3.05) is 17.2 Å². The molecule has 0 radical (unpaired) electrons. The van der Waals surface area contributed by atoms with Gasteiger partial charge in [0.2, 0.25) is 10.0 Å². The fraction of sp³-hybridized carbons (Fsp3) is 0.222. The van der Waals surface area contributed by atoms with Gasteiger partial charge in [-0.15, -0.1) is 0 Å². The molecule has 4 N–H and O–H groups in total. The Bertz CT molecular complexity index is 986. The second-order valence-corrected chi connectivity index (χ2v) is 7.40. The van der Waals surface area contributed by atoms with E-state index in [9.17, 15) is 18.0 Å². The zero-order valence-corrected chi connectivity index (χ0v) is 16.0. The highest BCUT2D eigenvalue weighted by atomic mass is 32.2. The third kappa shape index (κ3) is 5.28. The summed E-state index contributed by atoms with van der Waals surface area (Å²) in [6.45, 7) is 5.40. The van der Waals surface area contributed by atoms with Crippen molar-refractivity contribution in [3.63, 3.8) is 0 Å². The summed E-state index contributed by atoms with van der Waals surface area (Å²) in [4.78, 5) is 24.0. The average molecular weight is 391 g/mol. The monoisotopic (exact) mass is 391 g/mol. The van der Waals surface area contributed by atoms with Gasteiger partial charge in [-0.2, -0.15) is 0 Å². The Morgan fingerprint density at radius 1 is 1.11 bits per heavy atom. The molecule has 0 aliphatic heterocycles. The van der Waals surface area contributed by atoms with Crippen LogP contribution in [-0.4, -0.2) is 27.0 Å². The molecule has 144 valence electrons. The number of nitrogens with two attached hydrogens (primary N) is 1. The fourth-order valence-corrected chi connectivity index (χ4v) is 2.96. The molecule has 0 fully saturated rings. The summed E-state index contributed by atoms with van der Waals surface area (Å²) in [7, 11) is -3.90. The molecular weight excluding hydrogens is 370 g/mol. The molecule has 0 atom stereocenters. The molecular formula is C18H21N3O5S. The van der Waals surface area contributed by atoms with Gasteiger partial charge in [0.25, 0.3) is 5.91 Å². The standard InChI is InChI=1S/C18H21N3O5S/c1-4-26-18(23)20-14-7-5-6-13(9-14)17(22)21-16-10-15(27(19,24)25)8-11(2)12(16)3/h5-10H,4H2,1-3H3,(H,20,23)(H,21,22)(H2,19,24,25). The summed E-state index contributed by atoms with van der Waals surface area (Å²) >= 11 is 0. The minimum absolute atomic E-state index is 0.0846. The molecule has 9 heteroatoms. The van der Waals surface area contributed by atoms with Crippen molar-refractivity contribution in [2.24, 2.45) is 5.14 Å². The number of sulfonamides is 1. The van der Waals surface area contributed by atoms with E-state index in [1.807, 2.05) is 0 Å². The second kappa shape index (κ2) is 8.19. The van der Waals surface area contributed by atoms with Gasteiger partial charge in [0.1, 0.15) is 0 Å². The summed E-state index contributed by atoms with van der Waals surface area (Å²) in [5.41, 5.74) is 2.41. The van der Waals surface area contributed by atoms with Crippen LogP contribution in [0.25, 0.3) is 0 Å². The van der Waals surface area contributed by atoms with E-state index in [1.165, 1.54) is 18.2 Å². The van der Waals surface area contributed by atoms with E-state index < -0.39 is 22.0 Å². The SMILES string of the molecule is CCOC(=O)Nc1cccc(C(=O)Nc2cc(S(N)(=O)=O)cc(C)c2C)c1. The number of carbonyl (C=O) groups excluding carboxylic acids is 2. The molecule has 2 aromatic rings. The van der Waals surface area contributed by atoms with Crippen LogP contribution in [0.1, 0.15) is 28.4 Å². The van der Waals surface area contributed by atoms with Crippen molar-refractivity contribution in [1.82, 2.24) is 0 Å². The number of aryl methyl sites for hydroxylation is 1. The fourth-order valence-electron chi connectivity index (χ4n) is 2.34. The summed E-state index contributed by atoms with van der Waals surface area (Å²) in [5, 5.41) is 10.4. The van der Waals surface area contributed by atoms with E-state index >= 15 is 0 Å². The first-order chi connectivity index (χ1) is 12.6. The predicted molar refractivity (Wildman–Crippen MR) is 102 cm³/mol. The smallest absolute Gasteiger partial charge is 0.411 e. The Hall–Kier alpha value is -2.91. The summed E-state index contributed by atoms with van der Waals surface area (Å²) in [6, 6.07) is 9.04. The minimum atomic E-state index is -3.90. The summed E-state index contributed by atoms with van der Waals surface area (Å²) in [5.74, 6) is -0.462. The molecule has 0 aliphatic rings. The van der Waals surface area contributed by atoms with Crippen molar-refractivity contribution in [3.8, 4) is 0 Å². The molecule has 0 heterocycles. The number of anilines is 2. The van der Waals surface area contributed by atoms with E-state index in [1.54, 1.807) is 39.0 Å². The maximum absolute atomic E-state index is 12.6. The number of hydrogen-bond donors (Lipinski definition) is 3. The molecule has 2 amide bonds. The molecule has 0 bridgehead atoms. The number of nitrogens with one attached hydrogen (secondary N) is 2. The Balaban J connectivity index is 2.28. The second-order valence-electron chi connectivity index (χ2n) is 5.84. The first-order valence-electron chi connectivity index (χ1n) is 8.11. The number of primary sulfonamides is 1.